The Morgan fingerprint density at radius 1 is 1.33 bits per heavy atom. The second kappa shape index (κ2) is 6.35. The molecule has 1 aromatic carbocycles. The second-order valence-electron chi connectivity index (χ2n) is 6.42. The van der Waals surface area contributed by atoms with Crippen LogP contribution >= 0.6 is 0 Å². The maximum Gasteiger partial charge on any atom is 0.407 e. The van der Waals surface area contributed by atoms with Crippen molar-refractivity contribution in [2.24, 2.45) is 0 Å². The monoisotopic (exact) mass is 292 g/mol. The molecule has 5 nitrogen and oxygen atoms in total. The Morgan fingerprint density at radius 2 is 2.00 bits per heavy atom. The zero-order chi connectivity index (χ0) is 15.5. The van der Waals surface area contributed by atoms with Gasteiger partial charge in [0.1, 0.15) is 11.4 Å². The molecule has 0 spiro atoms. The smallest absolute Gasteiger partial charge is 0.407 e. The van der Waals surface area contributed by atoms with Gasteiger partial charge in [0.2, 0.25) is 0 Å². The van der Waals surface area contributed by atoms with E-state index in [-0.39, 0.29) is 23.9 Å². The van der Waals surface area contributed by atoms with Crippen LogP contribution in [0.15, 0.2) is 24.3 Å². The van der Waals surface area contributed by atoms with Gasteiger partial charge in [-0.25, -0.2) is 4.79 Å². The quantitative estimate of drug-likeness (QED) is 0.784. The van der Waals surface area contributed by atoms with Gasteiger partial charge in [0.05, 0.1) is 12.1 Å². The van der Waals surface area contributed by atoms with Gasteiger partial charge < -0.3 is 20.5 Å². The SMILES string of the molecule is CC(C)(C)OC(=O)NC1CCCNC1c1ccc(O)cc1. The van der Waals surface area contributed by atoms with Crippen LogP contribution in [0.3, 0.4) is 0 Å². The number of benzene rings is 1. The van der Waals surface area contributed by atoms with Crippen molar-refractivity contribution >= 4 is 6.09 Å². The fourth-order valence-electron chi connectivity index (χ4n) is 2.53. The van der Waals surface area contributed by atoms with Crippen molar-refractivity contribution in [2.45, 2.75) is 51.3 Å². The lowest BCUT2D eigenvalue weighted by Crippen LogP contribution is -2.49. The second-order valence-corrected chi connectivity index (χ2v) is 6.42. The maximum absolute atomic E-state index is 12.0. The molecule has 0 saturated carbocycles. The predicted molar refractivity (Wildman–Crippen MR) is 81.2 cm³/mol. The van der Waals surface area contributed by atoms with Crippen LogP contribution in [0.25, 0.3) is 0 Å². The average Bonchev–Trinajstić information content (AvgIpc) is 2.38. The zero-order valence-electron chi connectivity index (χ0n) is 12.8. The number of rotatable bonds is 2. The van der Waals surface area contributed by atoms with Gasteiger partial charge in [0.15, 0.2) is 0 Å². The minimum absolute atomic E-state index is 0.0156. The molecule has 0 aliphatic carbocycles. The predicted octanol–water partition coefficient (Wildman–Crippen LogP) is 2.71. The summed E-state index contributed by atoms with van der Waals surface area (Å²) in [6, 6.07) is 7.10. The molecule has 2 atom stereocenters. The summed E-state index contributed by atoms with van der Waals surface area (Å²) in [5, 5.41) is 15.8. The molecule has 1 saturated heterocycles. The van der Waals surface area contributed by atoms with E-state index in [4.69, 9.17) is 4.74 Å². The molecule has 1 amide bonds. The molecule has 2 rings (SSSR count). The van der Waals surface area contributed by atoms with Crippen molar-refractivity contribution in [3.05, 3.63) is 29.8 Å². The number of piperidine rings is 1. The molecule has 1 fully saturated rings. The van der Waals surface area contributed by atoms with E-state index in [1.165, 1.54) is 0 Å². The van der Waals surface area contributed by atoms with Crippen LogP contribution in [-0.2, 0) is 4.74 Å². The van der Waals surface area contributed by atoms with Crippen molar-refractivity contribution in [2.75, 3.05) is 6.54 Å². The topological polar surface area (TPSA) is 70.6 Å². The number of alkyl carbamates (subject to hydrolysis) is 1. The number of hydrogen-bond donors (Lipinski definition) is 3. The number of hydrogen-bond acceptors (Lipinski definition) is 4. The summed E-state index contributed by atoms with van der Waals surface area (Å²) < 4.78 is 5.33. The van der Waals surface area contributed by atoms with Crippen LogP contribution in [0.1, 0.15) is 45.2 Å². The lowest BCUT2D eigenvalue weighted by Gasteiger charge is -2.34. The molecular weight excluding hydrogens is 268 g/mol. The first-order valence-electron chi connectivity index (χ1n) is 7.37. The van der Waals surface area contributed by atoms with E-state index in [2.05, 4.69) is 10.6 Å². The van der Waals surface area contributed by atoms with E-state index in [1.807, 2.05) is 32.9 Å². The summed E-state index contributed by atoms with van der Waals surface area (Å²) in [7, 11) is 0. The van der Waals surface area contributed by atoms with Gasteiger partial charge in [-0.1, -0.05) is 12.1 Å². The highest BCUT2D eigenvalue weighted by molar-refractivity contribution is 5.68. The van der Waals surface area contributed by atoms with E-state index < -0.39 is 5.60 Å². The summed E-state index contributed by atoms with van der Waals surface area (Å²) in [4.78, 5) is 12.0. The number of phenolic OH excluding ortho intramolecular Hbond substituents is 1. The maximum atomic E-state index is 12.0. The molecule has 3 N–H and O–H groups in total. The first-order valence-corrected chi connectivity index (χ1v) is 7.37. The fourth-order valence-corrected chi connectivity index (χ4v) is 2.53. The fraction of sp³-hybridized carbons (Fsp3) is 0.562. The van der Waals surface area contributed by atoms with Crippen LogP contribution < -0.4 is 10.6 Å². The van der Waals surface area contributed by atoms with Crippen LogP contribution in [0, 0.1) is 0 Å². The molecular formula is C16H24N2O3. The first-order chi connectivity index (χ1) is 9.85. The van der Waals surface area contributed by atoms with Gasteiger partial charge in [0, 0.05) is 0 Å². The zero-order valence-corrected chi connectivity index (χ0v) is 12.8. The van der Waals surface area contributed by atoms with Crippen LogP contribution in [-0.4, -0.2) is 29.4 Å². The highest BCUT2D eigenvalue weighted by atomic mass is 16.6. The van der Waals surface area contributed by atoms with Gasteiger partial charge >= 0.3 is 6.09 Å². The number of carbonyl (C=O) groups excluding carboxylic acids is 1. The van der Waals surface area contributed by atoms with E-state index in [1.54, 1.807) is 12.1 Å². The normalized spacial score (nSPS) is 22.6. The Hall–Kier alpha value is -1.75. The van der Waals surface area contributed by atoms with E-state index in [0.717, 1.165) is 24.9 Å². The molecule has 5 heteroatoms. The van der Waals surface area contributed by atoms with Crippen molar-refractivity contribution in [3.8, 4) is 5.75 Å². The Balaban J connectivity index is 2.05. The minimum atomic E-state index is -0.500. The van der Waals surface area contributed by atoms with Crippen molar-refractivity contribution < 1.29 is 14.6 Å². The Labute approximate surface area is 125 Å². The third-order valence-corrected chi connectivity index (χ3v) is 3.41. The van der Waals surface area contributed by atoms with E-state index in [9.17, 15) is 9.90 Å². The minimum Gasteiger partial charge on any atom is -0.508 e. The molecule has 0 radical (unpaired) electrons. The molecule has 1 aliphatic rings. The Bertz CT molecular complexity index is 479. The number of nitrogens with one attached hydrogen (secondary N) is 2. The summed E-state index contributed by atoms with van der Waals surface area (Å²) >= 11 is 0. The van der Waals surface area contributed by atoms with E-state index in [0.29, 0.717) is 0 Å². The highest BCUT2D eigenvalue weighted by Crippen LogP contribution is 2.25. The standard InChI is InChI=1S/C16H24N2O3/c1-16(2,3)21-15(20)18-13-5-4-10-17-14(13)11-6-8-12(19)9-7-11/h6-9,13-14,17,19H,4-5,10H2,1-3H3,(H,18,20). The number of aromatic hydroxyl groups is 1. The van der Waals surface area contributed by atoms with Crippen LogP contribution in [0.5, 0.6) is 5.75 Å². The summed E-state index contributed by atoms with van der Waals surface area (Å²) in [6.07, 6.45) is 1.52. The van der Waals surface area contributed by atoms with Gasteiger partial charge in [-0.15, -0.1) is 0 Å². The average molecular weight is 292 g/mol. The third-order valence-electron chi connectivity index (χ3n) is 3.41. The molecule has 21 heavy (non-hydrogen) atoms. The van der Waals surface area contributed by atoms with Gasteiger partial charge in [0.25, 0.3) is 0 Å². The largest absolute Gasteiger partial charge is 0.508 e. The van der Waals surface area contributed by atoms with Crippen LogP contribution in [0.4, 0.5) is 4.79 Å². The van der Waals surface area contributed by atoms with Gasteiger partial charge in [-0.05, 0) is 57.9 Å². The molecule has 1 aromatic rings. The number of carbonyl (C=O) groups is 1. The number of ether oxygens (including phenoxy) is 1. The van der Waals surface area contributed by atoms with Crippen molar-refractivity contribution in [1.82, 2.24) is 10.6 Å². The van der Waals surface area contributed by atoms with Gasteiger partial charge in [-0.2, -0.15) is 0 Å². The summed E-state index contributed by atoms with van der Waals surface area (Å²) in [5.41, 5.74) is 0.550. The molecule has 1 heterocycles. The van der Waals surface area contributed by atoms with E-state index >= 15 is 0 Å². The number of amides is 1. The van der Waals surface area contributed by atoms with Crippen molar-refractivity contribution in [1.29, 1.82) is 0 Å². The lowest BCUT2D eigenvalue weighted by atomic mass is 9.92. The molecule has 0 aromatic heterocycles. The highest BCUT2D eigenvalue weighted by Gasteiger charge is 2.29. The summed E-state index contributed by atoms with van der Waals surface area (Å²) in [6.45, 7) is 6.47. The molecule has 116 valence electrons. The molecule has 2 unspecified atom stereocenters. The van der Waals surface area contributed by atoms with Gasteiger partial charge in [-0.3, -0.25) is 0 Å². The Kier molecular flexibility index (Phi) is 4.73. The Morgan fingerprint density at radius 3 is 2.62 bits per heavy atom. The lowest BCUT2D eigenvalue weighted by molar-refractivity contribution is 0.0481. The van der Waals surface area contributed by atoms with Crippen molar-refractivity contribution in [3.63, 3.8) is 0 Å². The third kappa shape index (κ3) is 4.63. The molecule has 1 aliphatic heterocycles. The summed E-state index contributed by atoms with van der Waals surface area (Å²) in [5.74, 6) is 0.242. The number of phenols is 1. The van der Waals surface area contributed by atoms with Crippen LogP contribution in [0.2, 0.25) is 0 Å². The molecule has 0 bridgehead atoms. The first kappa shape index (κ1) is 15.6.